The maximum absolute atomic E-state index is 11.4. The van der Waals surface area contributed by atoms with Crippen LogP contribution in [0.5, 0.6) is 17.2 Å². The van der Waals surface area contributed by atoms with Gasteiger partial charge in [-0.1, -0.05) is 0 Å². The number of benzene rings is 1. The van der Waals surface area contributed by atoms with Crippen molar-refractivity contribution in [3.8, 4) is 17.2 Å². The minimum absolute atomic E-state index is 0.0385. The van der Waals surface area contributed by atoms with Crippen LogP contribution in [-0.2, 0) is 9.53 Å². The molecule has 0 bridgehead atoms. The summed E-state index contributed by atoms with van der Waals surface area (Å²) < 4.78 is 9.66. The van der Waals surface area contributed by atoms with Gasteiger partial charge in [0.2, 0.25) is 0 Å². The molecule has 7 heteroatoms. The molecule has 0 aliphatic carbocycles. The van der Waals surface area contributed by atoms with E-state index in [2.05, 4.69) is 4.74 Å². The van der Waals surface area contributed by atoms with Gasteiger partial charge in [0, 0.05) is 12.1 Å². The fraction of sp³-hybridized carbons (Fsp3) is 0.333. The van der Waals surface area contributed by atoms with Gasteiger partial charge in [-0.15, -0.1) is 0 Å². The lowest BCUT2D eigenvalue weighted by Crippen LogP contribution is -2.15. The minimum atomic E-state index is -0.605. The first-order chi connectivity index (χ1) is 8.99. The highest BCUT2D eigenvalue weighted by Gasteiger charge is 2.17. The highest BCUT2D eigenvalue weighted by atomic mass is 16.6. The van der Waals surface area contributed by atoms with Gasteiger partial charge in [-0.2, -0.15) is 0 Å². The number of carbonyl (C=O) groups excluding carboxylic acids is 2. The van der Waals surface area contributed by atoms with Gasteiger partial charge in [0.05, 0.1) is 13.2 Å². The predicted octanol–water partition coefficient (Wildman–Crippen LogP) is 0.181. The van der Waals surface area contributed by atoms with Gasteiger partial charge in [-0.05, 0) is 6.92 Å². The van der Waals surface area contributed by atoms with Crippen molar-refractivity contribution in [2.24, 2.45) is 5.73 Å². The molecule has 0 unspecified atom stereocenters. The smallest absolute Gasteiger partial charge is 0.344 e. The van der Waals surface area contributed by atoms with Crippen LogP contribution in [0.1, 0.15) is 17.3 Å². The van der Waals surface area contributed by atoms with Crippen LogP contribution < -0.4 is 10.5 Å². The highest BCUT2D eigenvalue weighted by molar-refractivity contribution is 6.02. The fourth-order valence-electron chi connectivity index (χ4n) is 1.40. The number of hydrogen-bond donors (Lipinski definition) is 3. The maximum atomic E-state index is 11.4. The summed E-state index contributed by atoms with van der Waals surface area (Å²) in [5.41, 5.74) is 4.88. The second kappa shape index (κ2) is 6.60. The molecular weight excluding hydrogens is 254 g/mol. The van der Waals surface area contributed by atoms with E-state index in [4.69, 9.17) is 10.5 Å². The zero-order valence-corrected chi connectivity index (χ0v) is 10.4. The van der Waals surface area contributed by atoms with Crippen LogP contribution >= 0.6 is 0 Å². The number of nitrogens with two attached hydrogens (primary N) is 1. The Morgan fingerprint density at radius 2 is 1.84 bits per heavy atom. The normalized spacial score (nSPS) is 10.0. The van der Waals surface area contributed by atoms with Crippen LogP contribution in [-0.4, -0.2) is 41.7 Å². The monoisotopic (exact) mass is 269 g/mol. The number of carbonyl (C=O) groups is 2. The highest BCUT2D eigenvalue weighted by Crippen LogP contribution is 2.32. The first-order valence-corrected chi connectivity index (χ1v) is 5.57. The minimum Gasteiger partial charge on any atom is -0.507 e. The molecule has 1 aromatic carbocycles. The number of hydrogen-bond acceptors (Lipinski definition) is 7. The molecule has 0 aromatic heterocycles. The molecule has 0 saturated heterocycles. The summed E-state index contributed by atoms with van der Waals surface area (Å²) in [6.07, 6.45) is 0. The molecule has 0 saturated carbocycles. The molecule has 1 rings (SSSR count). The quantitative estimate of drug-likeness (QED) is 0.497. The summed E-state index contributed by atoms with van der Waals surface area (Å²) in [7, 11) is 0. The van der Waals surface area contributed by atoms with Crippen molar-refractivity contribution in [2.75, 3.05) is 19.8 Å². The third kappa shape index (κ3) is 3.85. The topological polar surface area (TPSA) is 119 Å². The first-order valence-electron chi connectivity index (χ1n) is 5.57. The van der Waals surface area contributed by atoms with Crippen molar-refractivity contribution >= 4 is 11.8 Å². The van der Waals surface area contributed by atoms with Crippen LogP contribution in [0.25, 0.3) is 0 Å². The summed E-state index contributed by atoms with van der Waals surface area (Å²) in [4.78, 5) is 22.4. The largest absolute Gasteiger partial charge is 0.507 e. The SMILES string of the molecule is CCOC(=O)COc1cc(O)c(C(=O)CN)c(O)c1. The zero-order chi connectivity index (χ0) is 14.4. The van der Waals surface area contributed by atoms with Gasteiger partial charge in [0.1, 0.15) is 22.8 Å². The lowest BCUT2D eigenvalue weighted by atomic mass is 10.1. The Hall–Kier alpha value is -2.28. The Morgan fingerprint density at radius 3 is 2.32 bits per heavy atom. The molecule has 104 valence electrons. The first kappa shape index (κ1) is 14.8. The van der Waals surface area contributed by atoms with Crippen molar-refractivity contribution in [1.82, 2.24) is 0 Å². The molecule has 0 amide bonds. The van der Waals surface area contributed by atoms with Crippen molar-refractivity contribution in [3.63, 3.8) is 0 Å². The molecule has 0 radical (unpaired) electrons. The number of aromatic hydroxyl groups is 2. The summed E-state index contributed by atoms with van der Waals surface area (Å²) in [5, 5.41) is 19.2. The molecular formula is C12H15NO6. The van der Waals surface area contributed by atoms with E-state index >= 15 is 0 Å². The van der Waals surface area contributed by atoms with Crippen LogP contribution in [0.2, 0.25) is 0 Å². The van der Waals surface area contributed by atoms with E-state index in [-0.39, 0.29) is 31.1 Å². The Bertz CT molecular complexity index is 462. The summed E-state index contributed by atoms with van der Waals surface area (Å²) in [5.74, 6) is -2.07. The van der Waals surface area contributed by atoms with Gasteiger partial charge < -0.3 is 25.4 Å². The predicted molar refractivity (Wildman–Crippen MR) is 65.3 cm³/mol. The number of ether oxygens (including phenoxy) is 2. The van der Waals surface area contributed by atoms with Gasteiger partial charge in [-0.3, -0.25) is 4.79 Å². The lowest BCUT2D eigenvalue weighted by Gasteiger charge is -2.10. The Labute approximate surface area is 109 Å². The maximum Gasteiger partial charge on any atom is 0.344 e. The molecule has 0 aliphatic heterocycles. The number of phenolic OH excluding ortho intramolecular Hbond substituents is 2. The fourth-order valence-corrected chi connectivity index (χ4v) is 1.40. The van der Waals surface area contributed by atoms with E-state index in [1.165, 1.54) is 0 Å². The average Bonchev–Trinajstić information content (AvgIpc) is 2.35. The van der Waals surface area contributed by atoms with E-state index < -0.39 is 23.3 Å². The third-order valence-corrected chi connectivity index (χ3v) is 2.20. The van der Waals surface area contributed by atoms with Crippen LogP contribution in [0.4, 0.5) is 0 Å². The number of phenols is 2. The summed E-state index contributed by atoms with van der Waals surface area (Å²) in [6.45, 7) is 1.17. The Kier molecular flexibility index (Phi) is 5.13. The molecule has 7 nitrogen and oxygen atoms in total. The summed E-state index contributed by atoms with van der Waals surface area (Å²) >= 11 is 0. The number of ketones is 1. The molecule has 0 atom stereocenters. The van der Waals surface area contributed by atoms with E-state index in [0.29, 0.717) is 0 Å². The van der Waals surface area contributed by atoms with Crippen molar-refractivity contribution < 1.29 is 29.3 Å². The second-order valence-electron chi connectivity index (χ2n) is 3.56. The number of Topliss-reactive ketones (excluding diaryl/α,β-unsaturated/α-hetero) is 1. The number of rotatable bonds is 6. The second-order valence-corrected chi connectivity index (χ2v) is 3.56. The number of esters is 1. The molecule has 1 aromatic rings. The summed E-state index contributed by atoms with van der Waals surface area (Å²) in [6, 6.07) is 2.23. The van der Waals surface area contributed by atoms with Crippen LogP contribution in [0, 0.1) is 0 Å². The lowest BCUT2D eigenvalue weighted by molar-refractivity contribution is -0.145. The van der Waals surface area contributed by atoms with Gasteiger partial charge in [0.15, 0.2) is 12.4 Å². The Morgan fingerprint density at radius 1 is 1.26 bits per heavy atom. The molecule has 0 fully saturated rings. The van der Waals surface area contributed by atoms with Gasteiger partial charge in [0.25, 0.3) is 0 Å². The molecule has 0 aliphatic rings. The van der Waals surface area contributed by atoms with Crippen LogP contribution in [0.15, 0.2) is 12.1 Å². The van der Waals surface area contributed by atoms with Crippen molar-refractivity contribution in [2.45, 2.75) is 6.92 Å². The molecule has 0 heterocycles. The Balaban J connectivity index is 2.83. The average molecular weight is 269 g/mol. The standard InChI is InChI=1S/C12H15NO6/c1-2-18-11(17)6-19-7-3-8(14)12(9(15)4-7)10(16)5-13/h3-4,14-15H,2,5-6,13H2,1H3. The molecule has 4 N–H and O–H groups in total. The van der Waals surface area contributed by atoms with Crippen molar-refractivity contribution in [3.05, 3.63) is 17.7 Å². The van der Waals surface area contributed by atoms with Crippen LogP contribution in [0.3, 0.4) is 0 Å². The molecule has 0 spiro atoms. The van der Waals surface area contributed by atoms with E-state index in [1.807, 2.05) is 0 Å². The van der Waals surface area contributed by atoms with E-state index in [0.717, 1.165) is 12.1 Å². The zero-order valence-electron chi connectivity index (χ0n) is 10.4. The van der Waals surface area contributed by atoms with E-state index in [1.54, 1.807) is 6.92 Å². The van der Waals surface area contributed by atoms with Crippen molar-refractivity contribution in [1.29, 1.82) is 0 Å². The van der Waals surface area contributed by atoms with Gasteiger partial charge in [-0.25, -0.2) is 4.79 Å². The third-order valence-electron chi connectivity index (χ3n) is 2.20. The van der Waals surface area contributed by atoms with Gasteiger partial charge >= 0.3 is 5.97 Å². The molecule has 19 heavy (non-hydrogen) atoms. The van der Waals surface area contributed by atoms with E-state index in [9.17, 15) is 19.8 Å².